The van der Waals surface area contributed by atoms with Crippen LogP contribution in [-0.2, 0) is 11.4 Å². The Morgan fingerprint density at radius 1 is 0.912 bits per heavy atom. The Balaban J connectivity index is 1.32. The monoisotopic (exact) mass is 463 g/mol. The number of amides is 3. The van der Waals surface area contributed by atoms with E-state index in [0.29, 0.717) is 48.7 Å². The molecule has 0 aliphatic carbocycles. The quantitative estimate of drug-likeness (QED) is 0.710. The molecule has 0 aromatic heterocycles. The van der Waals surface area contributed by atoms with Gasteiger partial charge in [-0.3, -0.25) is 14.4 Å². The highest BCUT2D eigenvalue weighted by molar-refractivity contribution is 5.95. The average Bonchev–Trinajstić information content (AvgIpc) is 2.87. The number of primary amides is 1. The van der Waals surface area contributed by atoms with E-state index < -0.39 is 5.91 Å². The first-order valence-corrected chi connectivity index (χ1v) is 12.1. The number of hydrogen-bond acceptors (Lipinski definition) is 4. The first-order chi connectivity index (χ1) is 16.4. The van der Waals surface area contributed by atoms with E-state index in [2.05, 4.69) is 6.92 Å². The summed E-state index contributed by atoms with van der Waals surface area (Å²) in [5.74, 6) is 0.814. The van der Waals surface area contributed by atoms with Gasteiger partial charge < -0.3 is 20.3 Å². The Labute approximate surface area is 200 Å². The van der Waals surface area contributed by atoms with E-state index in [0.717, 1.165) is 31.5 Å². The van der Waals surface area contributed by atoms with E-state index in [1.807, 2.05) is 28.0 Å². The molecule has 2 aromatic carbocycles. The number of likely N-dealkylation sites (tertiary alicyclic amines) is 2. The van der Waals surface area contributed by atoms with Gasteiger partial charge in [0.2, 0.25) is 5.91 Å². The molecule has 0 unspecified atom stereocenters. The molecule has 4 rings (SSSR count). The topological polar surface area (TPSA) is 92.9 Å². The standard InChI is InChI=1S/C27H33N3O4/c1-19-9-13-29(14-10-19)26(32)21-11-15-30(16-12-21)27(33)22-6-4-5-20(17-22)18-34-24-8-3-2-7-23(24)25(28)31/h2-8,17,19,21H,9-16,18H2,1H3,(H2,28,31). The third-order valence-corrected chi connectivity index (χ3v) is 6.95. The third kappa shape index (κ3) is 5.58. The molecule has 2 aromatic rings. The smallest absolute Gasteiger partial charge is 0.253 e. The number of nitrogens with zero attached hydrogens (tertiary/aromatic N) is 2. The first kappa shape index (κ1) is 23.8. The fourth-order valence-corrected chi connectivity index (χ4v) is 4.75. The van der Waals surface area contributed by atoms with Crippen LogP contribution < -0.4 is 10.5 Å². The number of carbonyl (C=O) groups is 3. The second-order valence-electron chi connectivity index (χ2n) is 9.42. The van der Waals surface area contributed by atoms with Gasteiger partial charge in [-0.15, -0.1) is 0 Å². The van der Waals surface area contributed by atoms with Crippen LogP contribution in [0, 0.1) is 11.8 Å². The van der Waals surface area contributed by atoms with Gasteiger partial charge in [-0.05, 0) is 61.4 Å². The lowest BCUT2D eigenvalue weighted by atomic mass is 9.92. The number of nitrogens with two attached hydrogens (primary N) is 1. The number of hydrogen-bond donors (Lipinski definition) is 1. The second kappa shape index (κ2) is 10.7. The zero-order valence-electron chi connectivity index (χ0n) is 19.7. The Kier molecular flexibility index (Phi) is 7.50. The largest absolute Gasteiger partial charge is 0.488 e. The molecule has 2 aliphatic rings. The lowest BCUT2D eigenvalue weighted by Gasteiger charge is -2.36. The molecule has 3 amide bonds. The normalized spacial score (nSPS) is 17.4. The maximum Gasteiger partial charge on any atom is 0.253 e. The molecule has 2 heterocycles. The highest BCUT2D eigenvalue weighted by Crippen LogP contribution is 2.25. The van der Waals surface area contributed by atoms with Crippen molar-refractivity contribution in [3.8, 4) is 5.75 Å². The van der Waals surface area contributed by atoms with Gasteiger partial charge in [0.15, 0.2) is 0 Å². The summed E-state index contributed by atoms with van der Waals surface area (Å²) in [5, 5.41) is 0. The van der Waals surface area contributed by atoms with Gasteiger partial charge >= 0.3 is 0 Å². The van der Waals surface area contributed by atoms with Crippen molar-refractivity contribution in [2.75, 3.05) is 26.2 Å². The van der Waals surface area contributed by atoms with Crippen molar-refractivity contribution in [3.05, 3.63) is 65.2 Å². The van der Waals surface area contributed by atoms with Crippen LogP contribution in [0.15, 0.2) is 48.5 Å². The van der Waals surface area contributed by atoms with Crippen molar-refractivity contribution >= 4 is 17.7 Å². The summed E-state index contributed by atoms with van der Waals surface area (Å²) in [6, 6.07) is 14.2. The van der Waals surface area contributed by atoms with Crippen LogP contribution in [0.3, 0.4) is 0 Å². The Hall–Kier alpha value is -3.35. The molecule has 0 radical (unpaired) electrons. The first-order valence-electron chi connectivity index (χ1n) is 12.1. The van der Waals surface area contributed by atoms with E-state index in [9.17, 15) is 14.4 Å². The maximum atomic E-state index is 13.1. The minimum Gasteiger partial charge on any atom is -0.488 e. The van der Waals surface area contributed by atoms with E-state index in [1.165, 1.54) is 0 Å². The lowest BCUT2D eigenvalue weighted by molar-refractivity contribution is -0.138. The van der Waals surface area contributed by atoms with Gasteiger partial charge in [-0.1, -0.05) is 31.2 Å². The highest BCUT2D eigenvalue weighted by atomic mass is 16.5. The summed E-state index contributed by atoms with van der Waals surface area (Å²) in [4.78, 5) is 41.4. The van der Waals surface area contributed by atoms with Crippen molar-refractivity contribution in [1.82, 2.24) is 9.80 Å². The molecular formula is C27H33N3O4. The minimum absolute atomic E-state index is 0.0162. The molecule has 34 heavy (non-hydrogen) atoms. The Morgan fingerprint density at radius 2 is 1.59 bits per heavy atom. The zero-order chi connectivity index (χ0) is 24.1. The number of rotatable bonds is 6. The molecule has 2 N–H and O–H groups in total. The van der Waals surface area contributed by atoms with Gasteiger partial charge in [0.25, 0.3) is 11.8 Å². The van der Waals surface area contributed by atoms with Crippen LogP contribution in [0.2, 0.25) is 0 Å². The summed E-state index contributed by atoms with van der Waals surface area (Å²) in [7, 11) is 0. The SMILES string of the molecule is CC1CCN(C(=O)C2CCN(C(=O)c3cccc(COc4ccccc4C(N)=O)c3)CC2)CC1. The number of piperidine rings is 2. The summed E-state index contributed by atoms with van der Waals surface area (Å²) in [6.07, 6.45) is 3.58. The summed E-state index contributed by atoms with van der Waals surface area (Å²) in [5.41, 5.74) is 7.16. The number of benzene rings is 2. The predicted octanol–water partition coefficient (Wildman–Crippen LogP) is 3.48. The molecule has 2 fully saturated rings. The molecule has 2 aliphatic heterocycles. The van der Waals surface area contributed by atoms with Crippen LogP contribution in [-0.4, -0.2) is 53.7 Å². The van der Waals surface area contributed by atoms with E-state index >= 15 is 0 Å². The van der Waals surface area contributed by atoms with Gasteiger partial charge in [-0.25, -0.2) is 0 Å². The molecule has 180 valence electrons. The van der Waals surface area contributed by atoms with Crippen molar-refractivity contribution < 1.29 is 19.1 Å². The molecular weight excluding hydrogens is 430 g/mol. The van der Waals surface area contributed by atoms with Gasteiger partial charge in [0, 0.05) is 37.7 Å². The van der Waals surface area contributed by atoms with Gasteiger partial charge in [-0.2, -0.15) is 0 Å². The Morgan fingerprint density at radius 3 is 2.29 bits per heavy atom. The Bertz CT molecular complexity index is 1040. The second-order valence-corrected chi connectivity index (χ2v) is 9.42. The van der Waals surface area contributed by atoms with Crippen molar-refractivity contribution in [2.45, 2.75) is 39.2 Å². The summed E-state index contributed by atoms with van der Waals surface area (Å²) >= 11 is 0. The molecule has 7 heteroatoms. The summed E-state index contributed by atoms with van der Waals surface area (Å²) in [6.45, 7) is 5.36. The van der Waals surface area contributed by atoms with Crippen LogP contribution in [0.5, 0.6) is 5.75 Å². The predicted molar refractivity (Wildman–Crippen MR) is 129 cm³/mol. The molecule has 7 nitrogen and oxygen atoms in total. The van der Waals surface area contributed by atoms with E-state index in [-0.39, 0.29) is 24.3 Å². The minimum atomic E-state index is -0.545. The van der Waals surface area contributed by atoms with Crippen molar-refractivity contribution in [1.29, 1.82) is 0 Å². The van der Waals surface area contributed by atoms with Crippen molar-refractivity contribution in [2.24, 2.45) is 17.6 Å². The number of carbonyl (C=O) groups excluding carboxylic acids is 3. The zero-order valence-corrected chi connectivity index (χ0v) is 19.7. The summed E-state index contributed by atoms with van der Waals surface area (Å²) < 4.78 is 5.80. The van der Waals surface area contributed by atoms with Gasteiger partial charge in [0.05, 0.1) is 5.56 Å². The fourth-order valence-electron chi connectivity index (χ4n) is 4.75. The van der Waals surface area contributed by atoms with E-state index in [1.54, 1.807) is 30.3 Å². The van der Waals surface area contributed by atoms with Gasteiger partial charge in [0.1, 0.15) is 12.4 Å². The van der Waals surface area contributed by atoms with E-state index in [4.69, 9.17) is 10.5 Å². The molecule has 0 spiro atoms. The molecule has 2 saturated heterocycles. The molecule has 0 saturated carbocycles. The van der Waals surface area contributed by atoms with Crippen LogP contribution in [0.4, 0.5) is 0 Å². The van der Waals surface area contributed by atoms with Crippen LogP contribution in [0.25, 0.3) is 0 Å². The fraction of sp³-hybridized carbons (Fsp3) is 0.444. The van der Waals surface area contributed by atoms with Crippen molar-refractivity contribution in [3.63, 3.8) is 0 Å². The van der Waals surface area contributed by atoms with Crippen LogP contribution in [0.1, 0.15) is 58.9 Å². The molecule has 0 atom stereocenters. The highest BCUT2D eigenvalue weighted by Gasteiger charge is 2.31. The lowest BCUT2D eigenvalue weighted by Crippen LogP contribution is -2.46. The maximum absolute atomic E-state index is 13.1. The third-order valence-electron chi connectivity index (χ3n) is 6.95. The number of para-hydroxylation sites is 1. The average molecular weight is 464 g/mol. The number of ether oxygens (including phenoxy) is 1. The molecule has 0 bridgehead atoms. The van der Waals surface area contributed by atoms with Crippen LogP contribution >= 0.6 is 0 Å².